The zero-order chi connectivity index (χ0) is 17.1. The highest BCUT2D eigenvalue weighted by molar-refractivity contribution is 9.10. The Morgan fingerprint density at radius 3 is 2.92 bits per heavy atom. The van der Waals surface area contributed by atoms with E-state index in [9.17, 15) is 0 Å². The molecule has 2 heterocycles. The molecule has 0 fully saturated rings. The number of aromatic nitrogens is 2. The third-order valence-corrected chi connectivity index (χ3v) is 4.18. The van der Waals surface area contributed by atoms with Gasteiger partial charge < -0.3 is 13.6 Å². The first-order chi connectivity index (χ1) is 11.6. The van der Waals surface area contributed by atoms with Crippen LogP contribution in [0.1, 0.15) is 5.56 Å². The largest absolute Gasteiger partial charge is 0.496 e. The molecule has 24 heavy (non-hydrogen) atoms. The van der Waals surface area contributed by atoms with Crippen LogP contribution in [-0.2, 0) is 13.2 Å². The average Bonchev–Trinajstić information content (AvgIpc) is 3.18. The van der Waals surface area contributed by atoms with Crippen molar-refractivity contribution in [1.29, 1.82) is 0 Å². The summed E-state index contributed by atoms with van der Waals surface area (Å²) in [6, 6.07) is 9.47. The third kappa shape index (κ3) is 3.77. The lowest BCUT2D eigenvalue weighted by Gasteiger charge is -2.18. The van der Waals surface area contributed by atoms with Gasteiger partial charge >= 0.3 is 0 Å². The maximum absolute atomic E-state index is 5.49. The van der Waals surface area contributed by atoms with E-state index in [1.54, 1.807) is 30.2 Å². The van der Waals surface area contributed by atoms with Crippen molar-refractivity contribution >= 4 is 28.1 Å². The van der Waals surface area contributed by atoms with Gasteiger partial charge in [-0.3, -0.25) is 4.90 Å². The van der Waals surface area contributed by atoms with E-state index in [2.05, 4.69) is 25.9 Å². The molecule has 0 atom stereocenters. The molecule has 0 unspecified atom stereocenters. The standard InChI is InChI=1S/C16H16BrN3O3S/c1-19(9-11-8-12(17)5-6-13(11)21-2)10-20-16(24)23-15(18-20)14-4-3-7-22-14/h3-8H,9-10H2,1-2H3. The second kappa shape index (κ2) is 7.33. The number of nitrogens with zero attached hydrogens (tertiary/aromatic N) is 3. The van der Waals surface area contributed by atoms with Crippen LogP contribution in [0.15, 0.2) is 49.9 Å². The quantitative estimate of drug-likeness (QED) is 0.564. The molecule has 0 saturated carbocycles. The predicted molar refractivity (Wildman–Crippen MR) is 95.2 cm³/mol. The molecular weight excluding hydrogens is 394 g/mol. The SMILES string of the molecule is COc1ccc(Br)cc1CN(C)Cn1nc(-c2ccco2)oc1=S. The van der Waals surface area contributed by atoms with E-state index in [0.717, 1.165) is 15.8 Å². The van der Waals surface area contributed by atoms with Crippen LogP contribution in [0.4, 0.5) is 0 Å². The minimum Gasteiger partial charge on any atom is -0.496 e. The second-order valence-corrected chi connectivity index (χ2v) is 6.53. The van der Waals surface area contributed by atoms with E-state index < -0.39 is 0 Å². The molecule has 2 aromatic heterocycles. The molecule has 0 amide bonds. The summed E-state index contributed by atoms with van der Waals surface area (Å²) in [5.74, 6) is 1.76. The topological polar surface area (TPSA) is 56.6 Å². The molecule has 3 rings (SSSR count). The van der Waals surface area contributed by atoms with Gasteiger partial charge in [0.25, 0.3) is 10.7 Å². The molecule has 0 aliphatic carbocycles. The Morgan fingerprint density at radius 2 is 2.21 bits per heavy atom. The van der Waals surface area contributed by atoms with Crippen LogP contribution in [-0.4, -0.2) is 28.8 Å². The Kier molecular flexibility index (Phi) is 5.17. The Balaban J connectivity index is 1.75. The lowest BCUT2D eigenvalue weighted by atomic mass is 10.2. The molecule has 1 aromatic carbocycles. The summed E-state index contributed by atoms with van der Waals surface area (Å²) in [5.41, 5.74) is 1.07. The second-order valence-electron chi connectivity index (χ2n) is 5.26. The van der Waals surface area contributed by atoms with Gasteiger partial charge in [0.1, 0.15) is 5.75 Å². The monoisotopic (exact) mass is 409 g/mol. The van der Waals surface area contributed by atoms with Gasteiger partial charge in [-0.2, -0.15) is 0 Å². The number of benzene rings is 1. The van der Waals surface area contributed by atoms with E-state index in [4.69, 9.17) is 25.8 Å². The molecule has 3 aromatic rings. The zero-order valence-electron chi connectivity index (χ0n) is 13.2. The van der Waals surface area contributed by atoms with Crippen LogP contribution in [0.5, 0.6) is 5.75 Å². The van der Waals surface area contributed by atoms with Crippen LogP contribution in [0.3, 0.4) is 0 Å². The summed E-state index contributed by atoms with van der Waals surface area (Å²) in [7, 11) is 3.64. The van der Waals surface area contributed by atoms with Gasteiger partial charge in [-0.05, 0) is 49.6 Å². The molecular formula is C16H16BrN3O3S. The van der Waals surface area contributed by atoms with E-state index in [-0.39, 0.29) is 0 Å². The van der Waals surface area contributed by atoms with Crippen molar-refractivity contribution in [2.75, 3.05) is 14.2 Å². The summed E-state index contributed by atoms with van der Waals surface area (Å²) >= 11 is 8.72. The van der Waals surface area contributed by atoms with E-state index in [0.29, 0.717) is 29.7 Å². The molecule has 0 radical (unpaired) electrons. The molecule has 6 nitrogen and oxygen atoms in total. The Morgan fingerprint density at radius 1 is 1.38 bits per heavy atom. The van der Waals surface area contributed by atoms with Crippen molar-refractivity contribution in [3.8, 4) is 17.4 Å². The van der Waals surface area contributed by atoms with Gasteiger partial charge in [-0.15, -0.1) is 5.10 Å². The Hall–Kier alpha value is -1.90. The lowest BCUT2D eigenvalue weighted by molar-refractivity contribution is 0.237. The smallest absolute Gasteiger partial charge is 0.288 e. The highest BCUT2D eigenvalue weighted by atomic mass is 79.9. The van der Waals surface area contributed by atoms with Gasteiger partial charge in [-0.1, -0.05) is 15.9 Å². The first-order valence-electron chi connectivity index (χ1n) is 7.19. The maximum Gasteiger partial charge on any atom is 0.288 e. The predicted octanol–water partition coefficient (Wildman–Crippen LogP) is 4.33. The van der Waals surface area contributed by atoms with Gasteiger partial charge in [-0.25, -0.2) is 4.68 Å². The Labute approximate surface area is 152 Å². The molecule has 126 valence electrons. The molecule has 0 spiro atoms. The van der Waals surface area contributed by atoms with Crippen molar-refractivity contribution in [2.45, 2.75) is 13.2 Å². The van der Waals surface area contributed by atoms with Crippen molar-refractivity contribution in [2.24, 2.45) is 0 Å². The van der Waals surface area contributed by atoms with Crippen LogP contribution in [0, 0.1) is 4.84 Å². The molecule has 0 aliphatic rings. The fourth-order valence-electron chi connectivity index (χ4n) is 2.34. The number of ether oxygens (including phenoxy) is 1. The van der Waals surface area contributed by atoms with E-state index >= 15 is 0 Å². The highest BCUT2D eigenvalue weighted by Gasteiger charge is 2.13. The summed E-state index contributed by atoms with van der Waals surface area (Å²) in [6.07, 6.45) is 1.57. The number of rotatable bonds is 6. The van der Waals surface area contributed by atoms with E-state index in [1.807, 2.05) is 25.2 Å². The van der Waals surface area contributed by atoms with Gasteiger partial charge in [0.15, 0.2) is 5.76 Å². The highest BCUT2D eigenvalue weighted by Crippen LogP contribution is 2.24. The number of methoxy groups -OCH3 is 1. The normalized spacial score (nSPS) is 11.2. The molecule has 0 saturated heterocycles. The zero-order valence-corrected chi connectivity index (χ0v) is 15.6. The molecule has 0 bridgehead atoms. The fourth-order valence-corrected chi connectivity index (χ4v) is 2.92. The van der Waals surface area contributed by atoms with Crippen LogP contribution in [0.25, 0.3) is 11.7 Å². The lowest BCUT2D eigenvalue weighted by Crippen LogP contribution is -2.22. The summed E-state index contributed by atoms with van der Waals surface area (Å²) in [6.45, 7) is 1.16. The summed E-state index contributed by atoms with van der Waals surface area (Å²) < 4.78 is 18.8. The Bertz CT molecular complexity index is 873. The number of halogens is 1. The number of hydrogen-bond donors (Lipinski definition) is 0. The summed E-state index contributed by atoms with van der Waals surface area (Å²) in [4.78, 5) is 2.36. The van der Waals surface area contributed by atoms with Crippen LogP contribution >= 0.6 is 28.1 Å². The van der Waals surface area contributed by atoms with Gasteiger partial charge in [0.05, 0.1) is 20.0 Å². The first-order valence-corrected chi connectivity index (χ1v) is 8.39. The van der Waals surface area contributed by atoms with Gasteiger partial charge in [0, 0.05) is 16.6 Å². The minimum absolute atomic E-state index is 0.300. The third-order valence-electron chi connectivity index (χ3n) is 3.40. The minimum atomic E-state index is 0.300. The molecule has 0 aliphatic heterocycles. The van der Waals surface area contributed by atoms with Gasteiger partial charge in [0.2, 0.25) is 0 Å². The fraction of sp³-hybridized carbons (Fsp3) is 0.250. The number of hydrogen-bond acceptors (Lipinski definition) is 6. The summed E-state index contributed by atoms with van der Waals surface area (Å²) in [5, 5.41) is 4.36. The first kappa shape index (κ1) is 16.9. The number of furan rings is 1. The average molecular weight is 410 g/mol. The van der Waals surface area contributed by atoms with E-state index in [1.165, 1.54) is 0 Å². The van der Waals surface area contributed by atoms with Crippen molar-refractivity contribution in [3.63, 3.8) is 0 Å². The van der Waals surface area contributed by atoms with Crippen LogP contribution in [0.2, 0.25) is 0 Å². The van der Waals surface area contributed by atoms with Crippen LogP contribution < -0.4 is 4.74 Å². The van der Waals surface area contributed by atoms with Crippen molar-refractivity contribution in [1.82, 2.24) is 14.7 Å². The maximum atomic E-state index is 5.49. The molecule has 0 N–H and O–H groups in total. The van der Waals surface area contributed by atoms with Crippen molar-refractivity contribution in [3.05, 3.63) is 51.5 Å². The molecule has 8 heteroatoms. The van der Waals surface area contributed by atoms with Crippen molar-refractivity contribution < 1.29 is 13.6 Å².